The molecule has 1 N–H and O–H groups in total. The first-order valence-corrected chi connectivity index (χ1v) is 9.01. The summed E-state index contributed by atoms with van der Waals surface area (Å²) in [5.41, 5.74) is 2.85. The summed E-state index contributed by atoms with van der Waals surface area (Å²) in [6.07, 6.45) is 3.62. The number of likely N-dealkylation sites (N-methyl/N-ethyl adjacent to an activating group) is 1. The third-order valence-electron chi connectivity index (χ3n) is 5.51. The van der Waals surface area contributed by atoms with Crippen molar-refractivity contribution in [3.63, 3.8) is 0 Å². The molecule has 1 aliphatic carbocycles. The van der Waals surface area contributed by atoms with Gasteiger partial charge in [0.25, 0.3) is 0 Å². The minimum atomic E-state index is 0.476. The minimum Gasteiger partial charge on any atom is -0.496 e. The molecular weight excluding hydrogens is 286 g/mol. The standard InChI is InChI=1S/C19H31N3O/c1-15(22-12-10-21(2)11-13-22)14-20-18-8-4-7-17-16(18)6-5-9-19(17)23-3/h5-6,9,15,18,20H,4,7-8,10-14H2,1-3H3. The Balaban J connectivity index is 1.59. The number of hydrogen-bond donors (Lipinski definition) is 1. The number of piperazine rings is 1. The highest BCUT2D eigenvalue weighted by molar-refractivity contribution is 5.43. The largest absolute Gasteiger partial charge is 0.496 e. The van der Waals surface area contributed by atoms with Gasteiger partial charge in [0.15, 0.2) is 0 Å². The van der Waals surface area contributed by atoms with E-state index in [-0.39, 0.29) is 0 Å². The van der Waals surface area contributed by atoms with E-state index in [4.69, 9.17) is 4.74 Å². The quantitative estimate of drug-likeness (QED) is 0.902. The lowest BCUT2D eigenvalue weighted by Crippen LogP contribution is -2.51. The SMILES string of the molecule is COc1cccc2c1CCCC2NCC(C)N1CCN(C)CC1. The fourth-order valence-electron chi connectivity index (χ4n) is 3.92. The van der Waals surface area contributed by atoms with Crippen LogP contribution < -0.4 is 10.1 Å². The zero-order valence-corrected chi connectivity index (χ0v) is 14.8. The molecule has 0 spiro atoms. The molecule has 1 aromatic carbocycles. The summed E-state index contributed by atoms with van der Waals surface area (Å²) in [6, 6.07) is 7.56. The van der Waals surface area contributed by atoms with E-state index < -0.39 is 0 Å². The number of fused-ring (bicyclic) bond motifs is 1. The lowest BCUT2D eigenvalue weighted by Gasteiger charge is -2.37. The third kappa shape index (κ3) is 3.87. The summed E-state index contributed by atoms with van der Waals surface area (Å²) < 4.78 is 5.55. The fourth-order valence-corrected chi connectivity index (χ4v) is 3.92. The molecule has 2 aliphatic rings. The maximum atomic E-state index is 5.55. The normalized spacial score (nSPS) is 24.2. The van der Waals surface area contributed by atoms with Gasteiger partial charge in [0.2, 0.25) is 0 Å². The van der Waals surface area contributed by atoms with E-state index in [1.807, 2.05) is 0 Å². The zero-order chi connectivity index (χ0) is 16.2. The molecule has 1 saturated heterocycles. The van der Waals surface area contributed by atoms with Crippen molar-refractivity contribution >= 4 is 0 Å². The maximum Gasteiger partial charge on any atom is 0.122 e. The topological polar surface area (TPSA) is 27.7 Å². The monoisotopic (exact) mass is 317 g/mol. The highest BCUT2D eigenvalue weighted by atomic mass is 16.5. The van der Waals surface area contributed by atoms with Crippen molar-refractivity contribution < 1.29 is 4.74 Å². The number of methoxy groups -OCH3 is 1. The number of rotatable bonds is 5. The predicted octanol–water partition coefficient (Wildman–Crippen LogP) is 2.30. The summed E-state index contributed by atoms with van der Waals surface area (Å²) in [6.45, 7) is 8.17. The minimum absolute atomic E-state index is 0.476. The van der Waals surface area contributed by atoms with E-state index >= 15 is 0 Å². The van der Waals surface area contributed by atoms with Crippen LogP contribution in [0.4, 0.5) is 0 Å². The van der Waals surface area contributed by atoms with E-state index in [2.05, 4.69) is 47.3 Å². The summed E-state index contributed by atoms with van der Waals surface area (Å²) in [5, 5.41) is 3.83. The molecule has 0 radical (unpaired) electrons. The molecule has 0 saturated carbocycles. The average Bonchev–Trinajstić information content (AvgIpc) is 2.59. The second-order valence-electron chi connectivity index (χ2n) is 7.07. The first-order valence-electron chi connectivity index (χ1n) is 9.01. The zero-order valence-electron chi connectivity index (χ0n) is 14.8. The molecule has 1 aromatic rings. The Bertz CT molecular complexity index is 511. The Morgan fingerprint density at radius 3 is 2.78 bits per heavy atom. The van der Waals surface area contributed by atoms with Crippen LogP contribution in [0.15, 0.2) is 18.2 Å². The highest BCUT2D eigenvalue weighted by Gasteiger charge is 2.24. The van der Waals surface area contributed by atoms with E-state index in [0.29, 0.717) is 12.1 Å². The number of benzene rings is 1. The first kappa shape index (κ1) is 16.7. The van der Waals surface area contributed by atoms with Gasteiger partial charge in [-0.2, -0.15) is 0 Å². The van der Waals surface area contributed by atoms with Gasteiger partial charge in [-0.25, -0.2) is 0 Å². The van der Waals surface area contributed by atoms with Crippen molar-refractivity contribution in [2.75, 3.05) is 46.9 Å². The molecule has 3 rings (SSSR count). The maximum absolute atomic E-state index is 5.55. The molecule has 1 aliphatic heterocycles. The van der Waals surface area contributed by atoms with Gasteiger partial charge in [0.05, 0.1) is 7.11 Å². The Labute approximate surface area is 140 Å². The van der Waals surface area contributed by atoms with Crippen LogP contribution in [0.1, 0.15) is 36.9 Å². The van der Waals surface area contributed by atoms with Crippen molar-refractivity contribution in [2.45, 2.75) is 38.3 Å². The number of ether oxygens (including phenoxy) is 1. The van der Waals surface area contributed by atoms with Crippen LogP contribution in [0, 0.1) is 0 Å². The predicted molar refractivity (Wildman–Crippen MR) is 95.2 cm³/mol. The van der Waals surface area contributed by atoms with E-state index in [9.17, 15) is 0 Å². The van der Waals surface area contributed by atoms with Crippen molar-refractivity contribution in [2.24, 2.45) is 0 Å². The van der Waals surface area contributed by atoms with Gasteiger partial charge in [-0.05, 0) is 50.4 Å². The third-order valence-corrected chi connectivity index (χ3v) is 5.51. The molecular formula is C19H31N3O. The Kier molecular flexibility index (Phi) is 5.57. The lowest BCUT2D eigenvalue weighted by molar-refractivity contribution is 0.116. The van der Waals surface area contributed by atoms with Crippen molar-refractivity contribution in [1.29, 1.82) is 0 Å². The molecule has 0 bridgehead atoms. The molecule has 0 amide bonds. The second kappa shape index (κ2) is 7.65. The second-order valence-corrected chi connectivity index (χ2v) is 7.07. The molecule has 128 valence electrons. The average molecular weight is 317 g/mol. The van der Waals surface area contributed by atoms with Gasteiger partial charge in [0, 0.05) is 44.8 Å². The molecule has 23 heavy (non-hydrogen) atoms. The van der Waals surface area contributed by atoms with Crippen LogP contribution in [0.5, 0.6) is 5.75 Å². The molecule has 4 nitrogen and oxygen atoms in total. The van der Waals surface area contributed by atoms with E-state index in [1.165, 1.54) is 50.1 Å². The van der Waals surface area contributed by atoms with Gasteiger partial charge in [0.1, 0.15) is 5.75 Å². The number of nitrogens with zero attached hydrogens (tertiary/aromatic N) is 2. The Morgan fingerprint density at radius 1 is 1.26 bits per heavy atom. The lowest BCUT2D eigenvalue weighted by atomic mass is 9.87. The number of hydrogen-bond acceptors (Lipinski definition) is 4. The highest BCUT2D eigenvalue weighted by Crippen LogP contribution is 2.35. The first-order chi connectivity index (χ1) is 11.2. The summed E-state index contributed by atoms with van der Waals surface area (Å²) in [4.78, 5) is 5.03. The molecule has 0 aromatic heterocycles. The van der Waals surface area contributed by atoms with E-state index in [0.717, 1.165) is 18.7 Å². The Hall–Kier alpha value is -1.10. The van der Waals surface area contributed by atoms with Crippen LogP contribution in [-0.2, 0) is 6.42 Å². The summed E-state index contributed by atoms with van der Waals surface area (Å²) >= 11 is 0. The molecule has 2 atom stereocenters. The fraction of sp³-hybridized carbons (Fsp3) is 0.684. The van der Waals surface area contributed by atoms with Gasteiger partial charge in [-0.15, -0.1) is 0 Å². The molecule has 1 fully saturated rings. The Morgan fingerprint density at radius 2 is 2.04 bits per heavy atom. The van der Waals surface area contributed by atoms with Gasteiger partial charge < -0.3 is 15.0 Å². The molecule has 4 heteroatoms. The van der Waals surface area contributed by atoms with Gasteiger partial charge >= 0.3 is 0 Å². The van der Waals surface area contributed by atoms with Gasteiger partial charge in [-0.3, -0.25) is 4.90 Å². The van der Waals surface area contributed by atoms with Crippen LogP contribution in [-0.4, -0.2) is 62.7 Å². The van der Waals surface area contributed by atoms with Crippen LogP contribution in [0.2, 0.25) is 0 Å². The van der Waals surface area contributed by atoms with Crippen LogP contribution in [0.3, 0.4) is 0 Å². The van der Waals surface area contributed by atoms with Gasteiger partial charge in [-0.1, -0.05) is 12.1 Å². The molecule has 2 unspecified atom stereocenters. The van der Waals surface area contributed by atoms with E-state index in [1.54, 1.807) is 7.11 Å². The smallest absolute Gasteiger partial charge is 0.122 e. The summed E-state index contributed by atoms with van der Waals surface area (Å²) in [7, 11) is 3.99. The van der Waals surface area contributed by atoms with Crippen molar-refractivity contribution in [3.8, 4) is 5.75 Å². The van der Waals surface area contributed by atoms with Crippen molar-refractivity contribution in [1.82, 2.24) is 15.1 Å². The van der Waals surface area contributed by atoms with Crippen LogP contribution in [0.25, 0.3) is 0 Å². The van der Waals surface area contributed by atoms with Crippen LogP contribution >= 0.6 is 0 Å². The number of nitrogens with one attached hydrogen (secondary N) is 1. The molecule has 1 heterocycles. The van der Waals surface area contributed by atoms with Crippen molar-refractivity contribution in [3.05, 3.63) is 29.3 Å². The summed E-state index contributed by atoms with van der Waals surface area (Å²) in [5.74, 6) is 1.06.